The third-order valence-corrected chi connectivity index (χ3v) is 4.84. The molecule has 2 amide bonds. The van der Waals surface area contributed by atoms with E-state index >= 15 is 0 Å². The van der Waals surface area contributed by atoms with Crippen molar-refractivity contribution in [3.05, 3.63) is 35.4 Å². The van der Waals surface area contributed by atoms with Gasteiger partial charge in [0.1, 0.15) is 0 Å². The van der Waals surface area contributed by atoms with Crippen LogP contribution in [0.25, 0.3) is 0 Å². The number of rotatable bonds is 6. The van der Waals surface area contributed by atoms with Crippen LogP contribution in [0.5, 0.6) is 0 Å². The van der Waals surface area contributed by atoms with Gasteiger partial charge in [-0.1, -0.05) is 31.2 Å². The highest BCUT2D eigenvalue weighted by Crippen LogP contribution is 2.19. The first-order valence-electron chi connectivity index (χ1n) is 8.47. The van der Waals surface area contributed by atoms with Crippen molar-refractivity contribution in [1.82, 2.24) is 15.5 Å². The molecule has 3 N–H and O–H groups in total. The molecule has 3 atom stereocenters. The Morgan fingerprint density at radius 3 is 2.65 bits per heavy atom. The van der Waals surface area contributed by atoms with E-state index in [1.165, 1.54) is 11.1 Å². The summed E-state index contributed by atoms with van der Waals surface area (Å²) >= 11 is 0. The zero-order valence-electron chi connectivity index (χ0n) is 14.4. The van der Waals surface area contributed by atoms with E-state index in [0.29, 0.717) is 12.6 Å². The summed E-state index contributed by atoms with van der Waals surface area (Å²) in [6.45, 7) is 8.63. The van der Waals surface area contributed by atoms with Crippen molar-refractivity contribution in [3.8, 4) is 0 Å². The van der Waals surface area contributed by atoms with Crippen molar-refractivity contribution in [2.75, 3.05) is 19.7 Å². The molecule has 0 saturated carbocycles. The van der Waals surface area contributed by atoms with E-state index in [1.807, 2.05) is 13.8 Å². The van der Waals surface area contributed by atoms with Gasteiger partial charge in [-0.2, -0.15) is 0 Å². The Kier molecular flexibility index (Phi) is 6.42. The third kappa shape index (κ3) is 4.94. The molecule has 1 aromatic rings. The molecule has 0 fully saturated rings. The molecule has 1 aromatic carbocycles. The Morgan fingerprint density at radius 1 is 1.26 bits per heavy atom. The summed E-state index contributed by atoms with van der Waals surface area (Å²) in [5.74, 6) is 0.0526. The average molecular weight is 319 g/mol. The van der Waals surface area contributed by atoms with E-state index in [1.54, 1.807) is 0 Å². The van der Waals surface area contributed by atoms with Crippen LogP contribution < -0.4 is 10.6 Å². The summed E-state index contributed by atoms with van der Waals surface area (Å²) in [6.07, 6.45) is 1.07. The van der Waals surface area contributed by atoms with Gasteiger partial charge in [0.25, 0.3) is 0 Å². The number of urea groups is 1. The number of fused-ring (bicyclic) bond motifs is 1. The second-order valence-electron chi connectivity index (χ2n) is 6.64. The Morgan fingerprint density at radius 2 is 1.96 bits per heavy atom. The summed E-state index contributed by atoms with van der Waals surface area (Å²) < 4.78 is 0. The lowest BCUT2D eigenvalue weighted by Gasteiger charge is -2.34. The number of amides is 2. The predicted molar refractivity (Wildman–Crippen MR) is 92.3 cm³/mol. The molecule has 0 bridgehead atoms. The molecule has 0 unspecified atom stereocenters. The minimum Gasteiger partial charge on any atom is -0.396 e. The number of hydrogen-bond acceptors (Lipinski definition) is 3. The maximum absolute atomic E-state index is 11.9. The van der Waals surface area contributed by atoms with E-state index < -0.39 is 0 Å². The lowest BCUT2D eigenvalue weighted by atomic mass is 9.99. The fourth-order valence-electron chi connectivity index (χ4n) is 2.82. The van der Waals surface area contributed by atoms with Gasteiger partial charge >= 0.3 is 6.03 Å². The van der Waals surface area contributed by atoms with Gasteiger partial charge in [0, 0.05) is 38.3 Å². The minimum absolute atomic E-state index is 0.0443. The van der Waals surface area contributed by atoms with Crippen LogP contribution in [0.2, 0.25) is 0 Å². The second kappa shape index (κ2) is 8.31. The number of hydrogen-bond donors (Lipinski definition) is 3. The summed E-state index contributed by atoms with van der Waals surface area (Å²) in [4.78, 5) is 14.3. The quantitative estimate of drug-likeness (QED) is 0.748. The van der Waals surface area contributed by atoms with Crippen LogP contribution in [0.15, 0.2) is 24.3 Å². The molecule has 0 aromatic heterocycles. The monoisotopic (exact) mass is 319 g/mol. The van der Waals surface area contributed by atoms with Crippen LogP contribution in [0.3, 0.4) is 0 Å². The number of aliphatic hydroxyl groups is 1. The van der Waals surface area contributed by atoms with Crippen molar-refractivity contribution in [1.29, 1.82) is 0 Å². The lowest BCUT2D eigenvalue weighted by molar-refractivity contribution is 0.180. The highest BCUT2D eigenvalue weighted by molar-refractivity contribution is 5.74. The maximum Gasteiger partial charge on any atom is 0.315 e. The fourth-order valence-corrected chi connectivity index (χ4v) is 2.82. The van der Waals surface area contributed by atoms with E-state index in [9.17, 15) is 4.79 Å². The smallest absolute Gasteiger partial charge is 0.315 e. The average Bonchev–Trinajstić information content (AvgIpc) is 2.58. The minimum atomic E-state index is -0.165. The molecular weight excluding hydrogens is 290 g/mol. The Labute approximate surface area is 139 Å². The highest BCUT2D eigenvalue weighted by Gasteiger charge is 2.21. The predicted octanol–water partition coefficient (Wildman–Crippen LogP) is 1.75. The van der Waals surface area contributed by atoms with E-state index in [4.69, 9.17) is 5.11 Å². The van der Waals surface area contributed by atoms with Crippen molar-refractivity contribution in [3.63, 3.8) is 0 Å². The second-order valence-corrected chi connectivity index (χ2v) is 6.64. The number of carbonyl (C=O) groups is 1. The van der Waals surface area contributed by atoms with Crippen molar-refractivity contribution in [2.24, 2.45) is 5.92 Å². The molecule has 128 valence electrons. The van der Waals surface area contributed by atoms with Crippen molar-refractivity contribution >= 4 is 6.03 Å². The highest BCUT2D eigenvalue weighted by atomic mass is 16.3. The first kappa shape index (κ1) is 17.8. The topological polar surface area (TPSA) is 64.6 Å². The molecule has 0 spiro atoms. The van der Waals surface area contributed by atoms with Crippen LogP contribution in [0, 0.1) is 5.92 Å². The van der Waals surface area contributed by atoms with E-state index in [0.717, 1.165) is 19.5 Å². The summed E-state index contributed by atoms with van der Waals surface area (Å²) in [6, 6.07) is 8.65. The van der Waals surface area contributed by atoms with Gasteiger partial charge < -0.3 is 15.7 Å². The first-order chi connectivity index (χ1) is 11.0. The Balaban J connectivity index is 1.77. The molecule has 5 nitrogen and oxygen atoms in total. The number of nitrogens with zero attached hydrogens (tertiary/aromatic N) is 1. The zero-order valence-corrected chi connectivity index (χ0v) is 14.4. The summed E-state index contributed by atoms with van der Waals surface area (Å²) in [7, 11) is 0. The Bertz CT molecular complexity index is 521. The van der Waals surface area contributed by atoms with Crippen molar-refractivity contribution in [2.45, 2.75) is 45.8 Å². The Hall–Kier alpha value is -1.59. The molecule has 1 heterocycles. The number of nitrogens with one attached hydrogen (secondary N) is 2. The van der Waals surface area contributed by atoms with E-state index in [-0.39, 0.29) is 24.6 Å². The van der Waals surface area contributed by atoms with Crippen LogP contribution in [-0.4, -0.2) is 47.8 Å². The molecule has 5 heteroatoms. The van der Waals surface area contributed by atoms with Gasteiger partial charge in [-0.3, -0.25) is 4.90 Å². The van der Waals surface area contributed by atoms with Gasteiger partial charge in [0.05, 0.1) is 0 Å². The normalized spacial score (nSPS) is 18.6. The number of carbonyl (C=O) groups excluding carboxylic acids is 1. The lowest BCUT2D eigenvalue weighted by Crippen LogP contribution is -2.49. The van der Waals surface area contributed by atoms with Gasteiger partial charge in [-0.15, -0.1) is 0 Å². The van der Waals surface area contributed by atoms with Crippen LogP contribution in [-0.2, 0) is 13.0 Å². The molecule has 0 radical (unpaired) electrons. The van der Waals surface area contributed by atoms with E-state index in [2.05, 4.69) is 46.7 Å². The SMILES string of the molecule is C[C@H](CO)[C@@H](C)NC(=O)NC[C@@H](C)N1CCc2ccccc2C1. The van der Waals surface area contributed by atoms with Gasteiger partial charge in [-0.25, -0.2) is 4.79 Å². The zero-order chi connectivity index (χ0) is 16.8. The van der Waals surface area contributed by atoms with Gasteiger partial charge in [0.2, 0.25) is 0 Å². The molecule has 1 aliphatic rings. The molecule has 23 heavy (non-hydrogen) atoms. The molecule has 2 rings (SSSR count). The van der Waals surface area contributed by atoms with Crippen molar-refractivity contribution < 1.29 is 9.90 Å². The summed E-state index contributed by atoms with van der Waals surface area (Å²) in [5.41, 5.74) is 2.83. The largest absolute Gasteiger partial charge is 0.396 e. The molecule has 0 aliphatic carbocycles. The number of benzene rings is 1. The molecule has 0 saturated heterocycles. The molecule has 1 aliphatic heterocycles. The third-order valence-electron chi connectivity index (χ3n) is 4.84. The van der Waals surface area contributed by atoms with Gasteiger partial charge in [0.15, 0.2) is 0 Å². The fraction of sp³-hybridized carbons (Fsp3) is 0.611. The van der Waals surface area contributed by atoms with Crippen LogP contribution >= 0.6 is 0 Å². The standard InChI is InChI=1S/C18H29N3O2/c1-13(12-22)15(3)20-18(23)19-10-14(2)21-9-8-16-6-4-5-7-17(16)11-21/h4-7,13-15,22H,8-12H2,1-3H3,(H2,19,20,23)/t13-,14-,15-/m1/s1. The van der Waals surface area contributed by atoms with Crippen LogP contribution in [0.1, 0.15) is 31.9 Å². The first-order valence-corrected chi connectivity index (χ1v) is 8.47. The molecular formula is C18H29N3O2. The number of aliphatic hydroxyl groups excluding tert-OH is 1. The summed E-state index contributed by atoms with van der Waals surface area (Å²) in [5, 5.41) is 14.9. The van der Waals surface area contributed by atoms with Crippen LogP contribution in [0.4, 0.5) is 4.79 Å². The maximum atomic E-state index is 11.9. The van der Waals surface area contributed by atoms with Gasteiger partial charge in [-0.05, 0) is 37.3 Å².